The lowest BCUT2D eigenvalue weighted by Crippen LogP contribution is -1.92. The molecule has 0 aliphatic rings. The number of anilines is 1. The highest BCUT2D eigenvalue weighted by atomic mass is 15.3. The van der Waals surface area contributed by atoms with Gasteiger partial charge in [-0.3, -0.25) is 9.78 Å². The lowest BCUT2D eigenvalue weighted by molar-refractivity contribution is 0.770. The zero-order valence-electron chi connectivity index (χ0n) is 12.5. The lowest BCUT2D eigenvalue weighted by Gasteiger charge is -2.07. The van der Waals surface area contributed by atoms with E-state index >= 15 is 0 Å². The maximum absolute atomic E-state index is 6.04. The zero-order valence-corrected chi connectivity index (χ0v) is 12.5. The summed E-state index contributed by atoms with van der Waals surface area (Å²) in [6, 6.07) is 10.4. The first-order valence-corrected chi connectivity index (χ1v) is 7.00. The van der Waals surface area contributed by atoms with Crippen molar-refractivity contribution < 1.29 is 0 Å². The molecule has 0 aliphatic carbocycles. The number of aryl methyl sites for hydroxylation is 1. The van der Waals surface area contributed by atoms with Crippen LogP contribution in [0.5, 0.6) is 0 Å². The Morgan fingerprint density at radius 2 is 1.86 bits per heavy atom. The van der Waals surface area contributed by atoms with Crippen molar-refractivity contribution >= 4 is 5.82 Å². The minimum atomic E-state index is 0.493. The summed E-state index contributed by atoms with van der Waals surface area (Å²) in [5.41, 5.74) is 11.0. The molecule has 2 aromatic heterocycles. The van der Waals surface area contributed by atoms with Crippen LogP contribution in [0.4, 0.5) is 5.82 Å². The fourth-order valence-corrected chi connectivity index (χ4v) is 2.42. The first kappa shape index (κ1) is 13.4. The third kappa shape index (κ3) is 2.42. The van der Waals surface area contributed by atoms with Crippen LogP contribution in [0, 0.1) is 0 Å². The summed E-state index contributed by atoms with van der Waals surface area (Å²) < 4.78 is 1.76. The van der Waals surface area contributed by atoms with E-state index < -0.39 is 0 Å². The van der Waals surface area contributed by atoms with E-state index in [-0.39, 0.29) is 0 Å². The van der Waals surface area contributed by atoms with Crippen LogP contribution in [0.2, 0.25) is 0 Å². The maximum Gasteiger partial charge on any atom is 0.153 e. The molecule has 0 unspecified atom stereocenters. The van der Waals surface area contributed by atoms with Gasteiger partial charge in [-0.1, -0.05) is 38.1 Å². The van der Waals surface area contributed by atoms with E-state index in [2.05, 4.69) is 53.4 Å². The van der Waals surface area contributed by atoms with Gasteiger partial charge in [-0.05, 0) is 23.1 Å². The summed E-state index contributed by atoms with van der Waals surface area (Å²) in [7, 11) is 1.89. The fourth-order valence-electron chi connectivity index (χ4n) is 2.42. The molecule has 0 saturated carbocycles. The van der Waals surface area contributed by atoms with Crippen LogP contribution in [0.1, 0.15) is 25.3 Å². The van der Waals surface area contributed by atoms with Crippen molar-refractivity contribution in [3.8, 4) is 22.5 Å². The normalized spacial score (nSPS) is 11.2. The predicted molar refractivity (Wildman–Crippen MR) is 84.7 cm³/mol. The smallest absolute Gasteiger partial charge is 0.153 e. The fraction of sp³-hybridized carbons (Fsp3) is 0.250. The van der Waals surface area contributed by atoms with Gasteiger partial charge in [0, 0.05) is 13.2 Å². The van der Waals surface area contributed by atoms with Crippen LogP contribution in [0.25, 0.3) is 22.5 Å². The molecule has 0 fully saturated rings. The Balaban J connectivity index is 2.08. The minimum Gasteiger partial charge on any atom is -0.382 e. The molecule has 3 N–H and O–H groups in total. The number of rotatable bonds is 3. The molecule has 0 amide bonds. The maximum atomic E-state index is 6.04. The predicted octanol–water partition coefficient (Wildman–Crippen LogP) is 3.18. The summed E-state index contributed by atoms with van der Waals surface area (Å²) in [4.78, 5) is 0. The average Bonchev–Trinajstić information content (AvgIpc) is 3.05. The van der Waals surface area contributed by atoms with Crippen LogP contribution < -0.4 is 5.73 Å². The molecular weight excluding hydrogens is 262 g/mol. The molecule has 3 aromatic rings. The summed E-state index contributed by atoms with van der Waals surface area (Å²) >= 11 is 0. The zero-order chi connectivity index (χ0) is 15.0. The first-order valence-electron chi connectivity index (χ1n) is 7.00. The van der Waals surface area contributed by atoms with E-state index in [0.29, 0.717) is 11.7 Å². The van der Waals surface area contributed by atoms with Crippen LogP contribution in [-0.4, -0.2) is 20.0 Å². The van der Waals surface area contributed by atoms with Gasteiger partial charge in [0.25, 0.3) is 0 Å². The quantitative estimate of drug-likeness (QED) is 0.774. The van der Waals surface area contributed by atoms with Crippen molar-refractivity contribution in [2.45, 2.75) is 19.8 Å². The molecule has 5 heteroatoms. The molecule has 0 atom stereocenters. The molecule has 0 aliphatic heterocycles. The molecule has 108 valence electrons. The Kier molecular flexibility index (Phi) is 3.25. The summed E-state index contributed by atoms with van der Waals surface area (Å²) in [6.07, 6.45) is 1.90. The topological polar surface area (TPSA) is 72.5 Å². The van der Waals surface area contributed by atoms with Gasteiger partial charge in [0.2, 0.25) is 0 Å². The standard InChI is InChI=1S/C16H19N5/c1-10(2)11-4-6-12(7-5-11)14-15(18-19-16(14)17)13-8-9-21(3)20-13/h4-10H,1-3H3,(H3,17,18,19). The summed E-state index contributed by atoms with van der Waals surface area (Å²) in [5, 5.41) is 11.5. The van der Waals surface area contributed by atoms with Crippen LogP contribution in [0.3, 0.4) is 0 Å². The summed E-state index contributed by atoms with van der Waals surface area (Å²) in [5.74, 6) is 1.00. The minimum absolute atomic E-state index is 0.493. The van der Waals surface area contributed by atoms with E-state index in [4.69, 9.17) is 5.73 Å². The Labute approximate surface area is 123 Å². The number of nitrogen functional groups attached to an aromatic ring is 1. The Morgan fingerprint density at radius 3 is 2.43 bits per heavy atom. The highest BCUT2D eigenvalue weighted by molar-refractivity contribution is 5.86. The van der Waals surface area contributed by atoms with Gasteiger partial charge in [-0.2, -0.15) is 10.2 Å². The molecule has 0 saturated heterocycles. The van der Waals surface area contributed by atoms with Gasteiger partial charge in [-0.25, -0.2) is 0 Å². The van der Waals surface area contributed by atoms with E-state index in [0.717, 1.165) is 22.5 Å². The first-order chi connectivity index (χ1) is 10.1. The van der Waals surface area contributed by atoms with Crippen molar-refractivity contribution in [2.24, 2.45) is 7.05 Å². The van der Waals surface area contributed by atoms with Gasteiger partial charge >= 0.3 is 0 Å². The number of nitrogens with two attached hydrogens (primary N) is 1. The molecule has 0 radical (unpaired) electrons. The van der Waals surface area contributed by atoms with Crippen LogP contribution in [0.15, 0.2) is 36.5 Å². The molecule has 3 rings (SSSR count). The van der Waals surface area contributed by atoms with E-state index in [1.54, 1.807) is 4.68 Å². The SMILES string of the molecule is CC(C)c1ccc(-c2c(N)n[nH]c2-c2ccn(C)n2)cc1. The Bertz CT molecular complexity index is 749. The number of hydrogen-bond donors (Lipinski definition) is 2. The number of H-pyrrole nitrogens is 1. The van der Waals surface area contributed by atoms with Crippen molar-refractivity contribution in [2.75, 3.05) is 5.73 Å². The van der Waals surface area contributed by atoms with Crippen molar-refractivity contribution in [3.63, 3.8) is 0 Å². The van der Waals surface area contributed by atoms with Crippen LogP contribution in [-0.2, 0) is 7.05 Å². The number of benzene rings is 1. The lowest BCUT2D eigenvalue weighted by atomic mass is 9.98. The van der Waals surface area contributed by atoms with Gasteiger partial charge in [0.1, 0.15) is 5.69 Å². The molecule has 0 spiro atoms. The largest absolute Gasteiger partial charge is 0.382 e. The van der Waals surface area contributed by atoms with E-state index in [9.17, 15) is 0 Å². The number of aromatic amines is 1. The summed E-state index contributed by atoms with van der Waals surface area (Å²) in [6.45, 7) is 4.36. The van der Waals surface area contributed by atoms with E-state index in [1.807, 2.05) is 19.3 Å². The highest BCUT2D eigenvalue weighted by Gasteiger charge is 2.16. The van der Waals surface area contributed by atoms with Crippen molar-refractivity contribution in [1.29, 1.82) is 0 Å². The molecular formula is C16H19N5. The van der Waals surface area contributed by atoms with Crippen LogP contribution >= 0.6 is 0 Å². The van der Waals surface area contributed by atoms with Gasteiger partial charge < -0.3 is 5.73 Å². The number of nitrogens with one attached hydrogen (secondary N) is 1. The second-order valence-corrected chi connectivity index (χ2v) is 5.51. The molecule has 5 nitrogen and oxygen atoms in total. The third-order valence-corrected chi connectivity index (χ3v) is 3.63. The Morgan fingerprint density at radius 1 is 1.14 bits per heavy atom. The van der Waals surface area contributed by atoms with Gasteiger partial charge in [0.15, 0.2) is 5.82 Å². The third-order valence-electron chi connectivity index (χ3n) is 3.63. The number of nitrogens with zero attached hydrogens (tertiary/aromatic N) is 3. The van der Waals surface area contributed by atoms with Crippen molar-refractivity contribution in [3.05, 3.63) is 42.1 Å². The number of hydrogen-bond acceptors (Lipinski definition) is 3. The van der Waals surface area contributed by atoms with E-state index in [1.165, 1.54) is 5.56 Å². The second kappa shape index (κ2) is 5.09. The molecule has 2 heterocycles. The molecule has 1 aromatic carbocycles. The van der Waals surface area contributed by atoms with Gasteiger partial charge in [-0.15, -0.1) is 0 Å². The Hall–Kier alpha value is -2.56. The monoisotopic (exact) mass is 281 g/mol. The average molecular weight is 281 g/mol. The molecule has 0 bridgehead atoms. The number of aromatic nitrogens is 4. The van der Waals surface area contributed by atoms with Gasteiger partial charge in [0.05, 0.1) is 11.3 Å². The second-order valence-electron chi connectivity index (χ2n) is 5.51. The molecule has 21 heavy (non-hydrogen) atoms. The highest BCUT2D eigenvalue weighted by Crippen LogP contribution is 2.34. The van der Waals surface area contributed by atoms with Crippen molar-refractivity contribution in [1.82, 2.24) is 20.0 Å².